The van der Waals surface area contributed by atoms with Crippen molar-refractivity contribution in [1.82, 2.24) is 14.9 Å². The van der Waals surface area contributed by atoms with Crippen LogP contribution in [0.15, 0.2) is 73.4 Å². The SMILES string of the molecule is C=CC(=O)Nc1cccc(-c2c(CO)ccc3cnc(Nc4ccc(N5CCN(C)CC5)cc4Cl)nc23)c1. The van der Waals surface area contributed by atoms with Crippen LogP contribution in [0, 0.1) is 0 Å². The Balaban J connectivity index is 1.48. The summed E-state index contributed by atoms with van der Waals surface area (Å²) < 4.78 is 0. The maximum atomic E-state index is 11.8. The van der Waals surface area contributed by atoms with Gasteiger partial charge in [0.05, 0.1) is 22.8 Å². The maximum absolute atomic E-state index is 11.8. The molecule has 9 heteroatoms. The molecule has 3 aromatic carbocycles. The first-order valence-electron chi connectivity index (χ1n) is 12.4. The van der Waals surface area contributed by atoms with E-state index >= 15 is 0 Å². The zero-order valence-electron chi connectivity index (χ0n) is 21.1. The lowest BCUT2D eigenvalue weighted by Gasteiger charge is -2.34. The fourth-order valence-corrected chi connectivity index (χ4v) is 4.81. The third-order valence-electron chi connectivity index (χ3n) is 6.68. The molecule has 3 N–H and O–H groups in total. The first-order chi connectivity index (χ1) is 18.4. The summed E-state index contributed by atoms with van der Waals surface area (Å²) in [5.41, 5.74) is 5.37. The van der Waals surface area contributed by atoms with Crippen LogP contribution >= 0.6 is 11.6 Å². The van der Waals surface area contributed by atoms with Crippen LogP contribution in [0.2, 0.25) is 5.02 Å². The lowest BCUT2D eigenvalue weighted by molar-refractivity contribution is -0.111. The molecule has 1 saturated heterocycles. The van der Waals surface area contributed by atoms with E-state index in [4.69, 9.17) is 16.6 Å². The Bertz CT molecular complexity index is 1500. The number of rotatable bonds is 7. The van der Waals surface area contributed by atoms with Gasteiger partial charge in [-0.3, -0.25) is 4.79 Å². The van der Waals surface area contributed by atoms with Gasteiger partial charge < -0.3 is 25.5 Å². The van der Waals surface area contributed by atoms with Gasteiger partial charge in [0.15, 0.2) is 0 Å². The molecular weight excluding hydrogens is 500 g/mol. The Morgan fingerprint density at radius 3 is 2.68 bits per heavy atom. The second-order valence-electron chi connectivity index (χ2n) is 9.24. The molecule has 194 valence electrons. The van der Waals surface area contributed by atoms with Crippen molar-refractivity contribution < 1.29 is 9.90 Å². The molecular formula is C29H29ClN6O2. The average molecular weight is 529 g/mol. The molecule has 4 aromatic rings. The molecule has 8 nitrogen and oxygen atoms in total. The van der Waals surface area contributed by atoms with Crippen molar-refractivity contribution >= 4 is 51.4 Å². The highest BCUT2D eigenvalue weighted by Crippen LogP contribution is 2.34. The van der Waals surface area contributed by atoms with Gasteiger partial charge in [-0.15, -0.1) is 0 Å². The van der Waals surface area contributed by atoms with Crippen LogP contribution in [0.3, 0.4) is 0 Å². The molecule has 1 amide bonds. The van der Waals surface area contributed by atoms with Crippen LogP contribution in [0.1, 0.15) is 5.56 Å². The molecule has 0 saturated carbocycles. The van der Waals surface area contributed by atoms with Gasteiger partial charge in [-0.05, 0) is 54.6 Å². The summed E-state index contributed by atoms with van der Waals surface area (Å²) >= 11 is 6.66. The molecule has 0 bridgehead atoms. The molecule has 2 heterocycles. The van der Waals surface area contributed by atoms with Gasteiger partial charge >= 0.3 is 0 Å². The van der Waals surface area contributed by atoms with Crippen LogP contribution in [0.5, 0.6) is 0 Å². The fourth-order valence-electron chi connectivity index (χ4n) is 4.59. The Morgan fingerprint density at radius 2 is 1.95 bits per heavy atom. The topological polar surface area (TPSA) is 93.6 Å². The highest BCUT2D eigenvalue weighted by Gasteiger charge is 2.17. The third-order valence-corrected chi connectivity index (χ3v) is 6.99. The number of likely N-dealkylation sites (N-methyl/N-ethyl adjacent to an activating group) is 1. The quantitative estimate of drug-likeness (QED) is 0.289. The van der Waals surface area contributed by atoms with Crippen LogP contribution < -0.4 is 15.5 Å². The third kappa shape index (κ3) is 5.47. The second kappa shape index (κ2) is 11.2. The minimum absolute atomic E-state index is 0.166. The summed E-state index contributed by atoms with van der Waals surface area (Å²) in [7, 11) is 2.13. The first kappa shape index (κ1) is 25.7. The number of benzene rings is 3. The monoisotopic (exact) mass is 528 g/mol. The molecule has 0 radical (unpaired) electrons. The van der Waals surface area contributed by atoms with Crippen molar-refractivity contribution in [1.29, 1.82) is 0 Å². The molecule has 1 aliphatic heterocycles. The number of amides is 1. The van der Waals surface area contributed by atoms with Crippen molar-refractivity contribution in [3.8, 4) is 11.1 Å². The summed E-state index contributed by atoms with van der Waals surface area (Å²) in [4.78, 5) is 25.8. The van der Waals surface area contributed by atoms with Crippen molar-refractivity contribution in [2.75, 3.05) is 48.8 Å². The Kier molecular flexibility index (Phi) is 7.55. The molecule has 5 rings (SSSR count). The number of nitrogens with one attached hydrogen (secondary N) is 2. The van der Waals surface area contributed by atoms with E-state index in [1.807, 2.05) is 42.5 Å². The van der Waals surface area contributed by atoms with Crippen molar-refractivity contribution in [3.63, 3.8) is 0 Å². The highest BCUT2D eigenvalue weighted by molar-refractivity contribution is 6.33. The van der Waals surface area contributed by atoms with Crippen molar-refractivity contribution in [2.45, 2.75) is 6.61 Å². The predicted octanol–water partition coefficient (Wildman–Crippen LogP) is 5.06. The van der Waals surface area contributed by atoms with Crippen LogP contribution in [-0.4, -0.2) is 59.1 Å². The normalized spacial score (nSPS) is 13.9. The predicted molar refractivity (Wildman–Crippen MR) is 154 cm³/mol. The zero-order chi connectivity index (χ0) is 26.6. The molecule has 0 spiro atoms. The summed E-state index contributed by atoms with van der Waals surface area (Å²) in [6.07, 6.45) is 2.96. The van der Waals surface area contributed by atoms with Gasteiger partial charge in [-0.1, -0.05) is 42.4 Å². The maximum Gasteiger partial charge on any atom is 0.247 e. The van der Waals surface area contributed by atoms with E-state index in [-0.39, 0.29) is 12.5 Å². The van der Waals surface area contributed by atoms with Crippen molar-refractivity contribution in [2.24, 2.45) is 0 Å². The number of hydrogen-bond donors (Lipinski definition) is 3. The molecule has 38 heavy (non-hydrogen) atoms. The van der Waals surface area contributed by atoms with E-state index in [1.165, 1.54) is 6.08 Å². The molecule has 0 unspecified atom stereocenters. The Hall–Kier alpha value is -3.98. The van der Waals surface area contributed by atoms with E-state index < -0.39 is 0 Å². The van der Waals surface area contributed by atoms with E-state index in [2.05, 4.69) is 45.1 Å². The lowest BCUT2D eigenvalue weighted by Crippen LogP contribution is -2.44. The Labute approximate surface area is 226 Å². The van der Waals surface area contributed by atoms with E-state index in [9.17, 15) is 9.90 Å². The van der Waals surface area contributed by atoms with E-state index in [0.29, 0.717) is 33.4 Å². The summed E-state index contributed by atoms with van der Waals surface area (Å²) in [5.74, 6) is 0.0889. The van der Waals surface area contributed by atoms with Gasteiger partial charge in [0, 0.05) is 54.7 Å². The number of carbonyl (C=O) groups is 1. The molecule has 0 atom stereocenters. The first-order valence-corrected chi connectivity index (χ1v) is 12.8. The zero-order valence-corrected chi connectivity index (χ0v) is 21.9. The lowest BCUT2D eigenvalue weighted by atomic mass is 9.96. The number of aliphatic hydroxyl groups excluding tert-OH is 1. The number of halogens is 1. The minimum atomic E-state index is -0.299. The highest BCUT2D eigenvalue weighted by atomic mass is 35.5. The summed E-state index contributed by atoms with van der Waals surface area (Å²) in [5, 5.41) is 17.6. The molecule has 1 fully saturated rings. The van der Waals surface area contributed by atoms with Gasteiger partial charge in [0.2, 0.25) is 11.9 Å². The minimum Gasteiger partial charge on any atom is -0.392 e. The number of carbonyl (C=O) groups excluding carboxylic acids is 1. The van der Waals surface area contributed by atoms with E-state index in [1.54, 1.807) is 12.3 Å². The molecule has 1 aliphatic rings. The van der Waals surface area contributed by atoms with Crippen LogP contribution in [-0.2, 0) is 11.4 Å². The Morgan fingerprint density at radius 1 is 1.13 bits per heavy atom. The largest absolute Gasteiger partial charge is 0.392 e. The standard InChI is InChI=1S/C29H29ClN6O2/c1-3-26(38)32-22-6-4-5-19(15-22)27-21(18-37)8-7-20-17-31-29(34-28(20)27)33-25-10-9-23(16-24(25)30)36-13-11-35(2)12-14-36/h3-10,15-17,37H,1,11-14,18H2,2H3,(H,32,38)(H,31,33,34). The summed E-state index contributed by atoms with van der Waals surface area (Å²) in [6.45, 7) is 7.30. The van der Waals surface area contributed by atoms with Crippen LogP contribution in [0.25, 0.3) is 22.0 Å². The second-order valence-corrected chi connectivity index (χ2v) is 9.65. The number of nitrogens with zero attached hydrogens (tertiary/aromatic N) is 4. The van der Waals surface area contributed by atoms with Gasteiger partial charge in [-0.25, -0.2) is 9.97 Å². The number of hydrogen-bond acceptors (Lipinski definition) is 7. The number of aliphatic hydroxyl groups is 1. The molecule has 1 aromatic heterocycles. The van der Waals surface area contributed by atoms with Gasteiger partial charge in [-0.2, -0.15) is 0 Å². The average Bonchev–Trinajstić information content (AvgIpc) is 2.94. The fraction of sp³-hybridized carbons (Fsp3) is 0.207. The van der Waals surface area contributed by atoms with Crippen molar-refractivity contribution in [3.05, 3.63) is 84.0 Å². The van der Waals surface area contributed by atoms with Gasteiger partial charge in [0.25, 0.3) is 0 Å². The van der Waals surface area contributed by atoms with Crippen LogP contribution in [0.4, 0.5) is 23.0 Å². The number of aromatic nitrogens is 2. The smallest absolute Gasteiger partial charge is 0.247 e. The summed E-state index contributed by atoms with van der Waals surface area (Å²) in [6, 6.07) is 17.1. The number of piperazine rings is 1. The molecule has 0 aliphatic carbocycles. The number of fused-ring (bicyclic) bond motifs is 1. The number of anilines is 4. The van der Waals surface area contributed by atoms with E-state index in [0.717, 1.165) is 48.4 Å². The van der Waals surface area contributed by atoms with Gasteiger partial charge in [0.1, 0.15) is 0 Å².